The van der Waals surface area contributed by atoms with E-state index in [1.54, 1.807) is 12.1 Å². The molecule has 0 saturated heterocycles. The molecule has 0 radical (unpaired) electrons. The highest BCUT2D eigenvalue weighted by Crippen LogP contribution is 2.27. The van der Waals surface area contributed by atoms with Crippen LogP contribution in [0, 0.1) is 10.1 Å². The minimum Gasteiger partial charge on any atom is -0.323 e. The summed E-state index contributed by atoms with van der Waals surface area (Å²) in [6, 6.07) is 8.06. The van der Waals surface area contributed by atoms with Crippen molar-refractivity contribution >= 4 is 40.7 Å². The van der Waals surface area contributed by atoms with E-state index in [0.29, 0.717) is 16.4 Å². The summed E-state index contributed by atoms with van der Waals surface area (Å²) in [6.45, 7) is -0.580. The number of anilines is 1. The Morgan fingerprint density at radius 3 is 2.60 bits per heavy atom. The van der Waals surface area contributed by atoms with Crippen molar-refractivity contribution in [3.8, 4) is 5.69 Å². The van der Waals surface area contributed by atoms with E-state index in [1.807, 2.05) is 0 Å². The Bertz CT molecular complexity index is 1210. The van der Waals surface area contributed by atoms with Crippen LogP contribution in [0.15, 0.2) is 49.1 Å². The largest absolute Gasteiger partial charge is 0.323 e. The zero-order chi connectivity index (χ0) is 21.4. The summed E-state index contributed by atoms with van der Waals surface area (Å²) in [5.74, 6) is -2.15. The number of aromatic nitrogens is 3. The summed E-state index contributed by atoms with van der Waals surface area (Å²) in [5, 5.41) is 17.9. The van der Waals surface area contributed by atoms with Crippen LogP contribution in [0.3, 0.4) is 0 Å². The number of carbonyl (C=O) groups excluding carboxylic acids is 3. The Morgan fingerprint density at radius 1 is 1.13 bits per heavy atom. The summed E-state index contributed by atoms with van der Waals surface area (Å²) >= 11 is 6.01. The number of non-ortho nitro benzene ring substituents is 1. The number of nitrogens with one attached hydrogen (secondary N) is 1. The molecule has 0 bridgehead atoms. The molecular formula is C18H11ClN6O5. The number of benzene rings is 2. The number of nitro groups is 1. The average molecular weight is 427 g/mol. The fourth-order valence-electron chi connectivity index (χ4n) is 3.01. The first-order chi connectivity index (χ1) is 14.3. The third-order valence-electron chi connectivity index (χ3n) is 4.37. The summed E-state index contributed by atoms with van der Waals surface area (Å²) in [6.07, 6.45) is 2.74. The van der Waals surface area contributed by atoms with Crippen LogP contribution in [0.2, 0.25) is 5.02 Å². The van der Waals surface area contributed by atoms with E-state index < -0.39 is 29.2 Å². The van der Waals surface area contributed by atoms with Crippen LogP contribution < -0.4 is 5.32 Å². The molecule has 0 atom stereocenters. The minimum atomic E-state index is -0.781. The van der Waals surface area contributed by atoms with Gasteiger partial charge in [-0.2, -0.15) is 5.10 Å². The van der Waals surface area contributed by atoms with E-state index >= 15 is 0 Å². The number of hydrogen-bond donors (Lipinski definition) is 1. The van der Waals surface area contributed by atoms with Crippen LogP contribution in [0.5, 0.6) is 0 Å². The van der Waals surface area contributed by atoms with Crippen molar-refractivity contribution in [1.29, 1.82) is 0 Å². The van der Waals surface area contributed by atoms with Crippen molar-refractivity contribution in [3.63, 3.8) is 0 Å². The molecule has 0 fully saturated rings. The highest BCUT2D eigenvalue weighted by molar-refractivity contribution is 6.31. The molecule has 0 unspecified atom stereocenters. The van der Waals surface area contributed by atoms with E-state index in [9.17, 15) is 24.5 Å². The molecule has 30 heavy (non-hydrogen) atoms. The molecule has 4 rings (SSSR count). The molecule has 1 aliphatic rings. The summed E-state index contributed by atoms with van der Waals surface area (Å²) < 4.78 is 1.41. The second kappa shape index (κ2) is 7.37. The molecule has 12 heteroatoms. The van der Waals surface area contributed by atoms with Crippen molar-refractivity contribution in [2.24, 2.45) is 0 Å². The Hall–Kier alpha value is -4.12. The minimum absolute atomic E-state index is 0.00413. The van der Waals surface area contributed by atoms with Crippen LogP contribution in [0.25, 0.3) is 5.69 Å². The van der Waals surface area contributed by atoms with E-state index in [0.717, 1.165) is 17.0 Å². The molecule has 11 nitrogen and oxygen atoms in total. The molecule has 0 spiro atoms. The fraction of sp³-hybridized carbons (Fsp3) is 0.0556. The summed E-state index contributed by atoms with van der Waals surface area (Å²) in [4.78, 5) is 52.4. The monoisotopic (exact) mass is 426 g/mol. The quantitative estimate of drug-likeness (QED) is 0.374. The van der Waals surface area contributed by atoms with E-state index in [4.69, 9.17) is 11.6 Å². The summed E-state index contributed by atoms with van der Waals surface area (Å²) in [7, 11) is 0. The van der Waals surface area contributed by atoms with Gasteiger partial charge < -0.3 is 5.32 Å². The topological polar surface area (TPSA) is 140 Å². The number of amides is 3. The lowest BCUT2D eigenvalue weighted by Crippen LogP contribution is -2.37. The zero-order valence-electron chi connectivity index (χ0n) is 15.0. The molecule has 1 N–H and O–H groups in total. The number of rotatable bonds is 5. The van der Waals surface area contributed by atoms with Crippen molar-refractivity contribution in [1.82, 2.24) is 19.7 Å². The van der Waals surface area contributed by atoms with Gasteiger partial charge in [-0.15, -0.1) is 0 Å². The van der Waals surface area contributed by atoms with Gasteiger partial charge in [0.2, 0.25) is 5.91 Å². The fourth-order valence-corrected chi connectivity index (χ4v) is 3.18. The first-order valence-corrected chi connectivity index (χ1v) is 8.82. The first kappa shape index (κ1) is 19.2. The predicted molar refractivity (Wildman–Crippen MR) is 103 cm³/mol. The Kier molecular flexibility index (Phi) is 4.72. The van der Waals surface area contributed by atoms with Crippen LogP contribution in [0.4, 0.5) is 11.4 Å². The average Bonchev–Trinajstić information content (AvgIpc) is 3.32. The van der Waals surface area contributed by atoms with Crippen LogP contribution >= 0.6 is 11.6 Å². The van der Waals surface area contributed by atoms with E-state index in [-0.39, 0.29) is 16.8 Å². The lowest BCUT2D eigenvalue weighted by molar-refractivity contribution is -0.384. The van der Waals surface area contributed by atoms with E-state index in [2.05, 4.69) is 15.4 Å². The maximum atomic E-state index is 12.6. The lowest BCUT2D eigenvalue weighted by atomic mass is 10.1. The maximum Gasteiger partial charge on any atom is 0.270 e. The van der Waals surface area contributed by atoms with Gasteiger partial charge in [-0.3, -0.25) is 29.4 Å². The molecule has 1 aliphatic heterocycles. The third-order valence-corrected chi connectivity index (χ3v) is 4.60. The smallest absolute Gasteiger partial charge is 0.270 e. The van der Waals surface area contributed by atoms with Gasteiger partial charge >= 0.3 is 0 Å². The van der Waals surface area contributed by atoms with Gasteiger partial charge in [0, 0.05) is 17.2 Å². The van der Waals surface area contributed by atoms with Crippen molar-refractivity contribution in [3.05, 3.63) is 75.3 Å². The van der Waals surface area contributed by atoms with Crippen LogP contribution in [-0.4, -0.2) is 48.9 Å². The number of hydrogen-bond acceptors (Lipinski definition) is 7. The molecule has 0 aliphatic carbocycles. The Balaban J connectivity index is 1.56. The third kappa shape index (κ3) is 3.37. The molecular weight excluding hydrogens is 416 g/mol. The SMILES string of the molecule is O=C(CN1C(=O)c2ccc([N+](=O)[O-])cc2C1=O)Nc1cc(Cl)ccc1-n1cncn1. The molecule has 3 amide bonds. The van der Waals surface area contributed by atoms with Gasteiger partial charge in [-0.1, -0.05) is 11.6 Å². The predicted octanol–water partition coefficient (Wildman–Crippen LogP) is 2.06. The molecule has 2 heterocycles. The second-order valence-corrected chi connectivity index (χ2v) is 6.67. The van der Waals surface area contributed by atoms with Crippen molar-refractivity contribution < 1.29 is 19.3 Å². The lowest BCUT2D eigenvalue weighted by Gasteiger charge is -2.15. The normalized spacial score (nSPS) is 12.8. The molecule has 150 valence electrons. The molecule has 0 saturated carbocycles. The van der Waals surface area contributed by atoms with E-state index in [1.165, 1.54) is 29.5 Å². The first-order valence-electron chi connectivity index (χ1n) is 8.44. The van der Waals surface area contributed by atoms with Gasteiger partial charge in [0.15, 0.2) is 0 Å². The summed E-state index contributed by atoms with van der Waals surface area (Å²) in [5.41, 5.74) is 0.337. The van der Waals surface area contributed by atoms with Gasteiger partial charge in [0.25, 0.3) is 17.5 Å². The van der Waals surface area contributed by atoms with Crippen LogP contribution in [-0.2, 0) is 4.79 Å². The Labute approximate surface area is 173 Å². The number of imide groups is 1. The molecule has 2 aromatic carbocycles. The number of halogens is 1. The van der Waals surface area contributed by atoms with Gasteiger partial charge in [0.05, 0.1) is 27.4 Å². The van der Waals surface area contributed by atoms with Crippen molar-refractivity contribution in [2.45, 2.75) is 0 Å². The van der Waals surface area contributed by atoms with Crippen LogP contribution in [0.1, 0.15) is 20.7 Å². The highest BCUT2D eigenvalue weighted by atomic mass is 35.5. The van der Waals surface area contributed by atoms with Gasteiger partial charge in [-0.05, 0) is 24.3 Å². The number of fused-ring (bicyclic) bond motifs is 1. The van der Waals surface area contributed by atoms with Gasteiger partial charge in [0.1, 0.15) is 19.2 Å². The molecule has 3 aromatic rings. The number of nitrogens with zero attached hydrogens (tertiary/aromatic N) is 5. The Morgan fingerprint density at radius 2 is 1.90 bits per heavy atom. The maximum absolute atomic E-state index is 12.6. The van der Waals surface area contributed by atoms with Gasteiger partial charge in [-0.25, -0.2) is 9.67 Å². The highest BCUT2D eigenvalue weighted by Gasteiger charge is 2.37. The standard InChI is InChI=1S/C18H11ClN6O5/c19-10-1-4-15(24-9-20-8-21-24)14(5-10)22-16(26)7-23-17(27)12-3-2-11(25(29)30)6-13(12)18(23)28/h1-6,8-9H,7H2,(H,22,26). The zero-order valence-corrected chi connectivity index (χ0v) is 15.7. The number of nitro benzene ring substituents is 1. The van der Waals surface area contributed by atoms with Crippen molar-refractivity contribution in [2.75, 3.05) is 11.9 Å². The second-order valence-electron chi connectivity index (χ2n) is 6.23. The molecule has 1 aromatic heterocycles. The number of carbonyl (C=O) groups is 3.